The second-order valence-corrected chi connectivity index (χ2v) is 4.22. The molecule has 1 N–H and O–H groups in total. The second-order valence-electron chi connectivity index (χ2n) is 3.42. The number of aryl methyl sites for hydroxylation is 1. The summed E-state index contributed by atoms with van der Waals surface area (Å²) in [5.41, 5.74) is 1.04. The topological polar surface area (TPSA) is 37.8 Å². The summed E-state index contributed by atoms with van der Waals surface area (Å²) < 4.78 is 2.33. The Hall–Kier alpha value is -0.510. The number of hydrogen-bond acceptors (Lipinski definition) is 1. The predicted molar refractivity (Wildman–Crippen MR) is 57.1 cm³/mol. The third kappa shape index (κ3) is 2.05. The van der Waals surface area contributed by atoms with Crippen molar-refractivity contribution in [3.8, 4) is 0 Å². The highest BCUT2D eigenvalue weighted by Crippen LogP contribution is 2.13. The van der Waals surface area contributed by atoms with Crippen LogP contribution in [0.1, 0.15) is 38.9 Å². The molecule has 13 heavy (non-hydrogen) atoms. The summed E-state index contributed by atoms with van der Waals surface area (Å²) in [5.74, 6) is 0. The number of hydrogen-bond donors (Lipinski definition) is 1. The Morgan fingerprint density at radius 1 is 1.54 bits per heavy atom. The van der Waals surface area contributed by atoms with Gasteiger partial charge in [0.15, 0.2) is 0 Å². The van der Waals surface area contributed by atoms with E-state index in [9.17, 15) is 4.79 Å². The molecule has 4 heteroatoms. The molecule has 0 radical (unpaired) electrons. The van der Waals surface area contributed by atoms with E-state index in [1.807, 2.05) is 13.8 Å². The first-order valence-corrected chi connectivity index (χ1v) is 5.36. The van der Waals surface area contributed by atoms with Gasteiger partial charge in [-0.3, -0.25) is 9.89 Å². The third-order valence-corrected chi connectivity index (χ3v) is 2.76. The summed E-state index contributed by atoms with van der Waals surface area (Å²) in [6.45, 7) is 6.07. The van der Waals surface area contributed by atoms with Crippen molar-refractivity contribution >= 4 is 15.9 Å². The van der Waals surface area contributed by atoms with E-state index in [1.54, 1.807) is 4.68 Å². The lowest BCUT2D eigenvalue weighted by molar-refractivity contribution is 0.511. The molecule has 1 rings (SSSR count). The minimum absolute atomic E-state index is 0.0402. The molecule has 0 saturated heterocycles. The van der Waals surface area contributed by atoms with Crippen LogP contribution in [0.5, 0.6) is 0 Å². The lowest BCUT2D eigenvalue weighted by atomic mass is 10.3. The van der Waals surface area contributed by atoms with Gasteiger partial charge >= 0.3 is 0 Å². The van der Waals surface area contributed by atoms with Crippen LogP contribution in [0.25, 0.3) is 0 Å². The largest absolute Gasteiger partial charge is 0.298 e. The minimum atomic E-state index is 0.0402. The molecule has 0 unspecified atom stereocenters. The van der Waals surface area contributed by atoms with Gasteiger partial charge in [-0.2, -0.15) is 0 Å². The summed E-state index contributed by atoms with van der Waals surface area (Å²) >= 11 is 3.31. The highest BCUT2D eigenvalue weighted by atomic mass is 79.9. The third-order valence-electron chi connectivity index (χ3n) is 1.94. The van der Waals surface area contributed by atoms with Gasteiger partial charge in [-0.15, -0.1) is 0 Å². The van der Waals surface area contributed by atoms with Gasteiger partial charge < -0.3 is 0 Å². The average molecular weight is 247 g/mol. The van der Waals surface area contributed by atoms with Crippen LogP contribution in [0.15, 0.2) is 9.27 Å². The number of rotatable bonds is 3. The van der Waals surface area contributed by atoms with E-state index in [1.165, 1.54) is 0 Å². The summed E-state index contributed by atoms with van der Waals surface area (Å²) in [7, 11) is 0. The Morgan fingerprint density at radius 2 is 2.15 bits per heavy atom. The zero-order valence-electron chi connectivity index (χ0n) is 8.22. The van der Waals surface area contributed by atoms with E-state index in [0.717, 1.165) is 18.5 Å². The highest BCUT2D eigenvalue weighted by molar-refractivity contribution is 9.10. The van der Waals surface area contributed by atoms with Crippen LogP contribution in [0.3, 0.4) is 0 Å². The maximum atomic E-state index is 11.6. The first-order chi connectivity index (χ1) is 6.07. The first-order valence-electron chi connectivity index (χ1n) is 4.56. The number of aromatic amines is 1. The molecule has 0 amide bonds. The summed E-state index contributed by atoms with van der Waals surface area (Å²) in [4.78, 5) is 11.6. The van der Waals surface area contributed by atoms with Crippen LogP contribution in [-0.4, -0.2) is 9.78 Å². The Kier molecular flexibility index (Phi) is 3.36. The zero-order chi connectivity index (χ0) is 10.0. The van der Waals surface area contributed by atoms with Crippen LogP contribution in [0.4, 0.5) is 0 Å². The molecular weight excluding hydrogens is 232 g/mol. The van der Waals surface area contributed by atoms with E-state index in [0.29, 0.717) is 4.47 Å². The summed E-state index contributed by atoms with van der Waals surface area (Å²) in [6, 6.07) is 0.189. The number of nitrogens with one attached hydrogen (secondary N) is 1. The van der Waals surface area contributed by atoms with E-state index in [-0.39, 0.29) is 11.6 Å². The number of nitrogens with zero attached hydrogens (tertiary/aromatic N) is 1. The van der Waals surface area contributed by atoms with Crippen LogP contribution >= 0.6 is 15.9 Å². The molecule has 0 bridgehead atoms. The average Bonchev–Trinajstić information content (AvgIpc) is 2.33. The molecule has 0 aromatic carbocycles. The predicted octanol–water partition coefficient (Wildman–Crippen LogP) is 2.47. The standard InChI is InChI=1S/C9H15BrN2O/c1-4-5-7-8(10)9(13)12(11-7)6(2)3/h6,11H,4-5H2,1-3H3. The van der Waals surface area contributed by atoms with Crippen molar-refractivity contribution in [2.24, 2.45) is 0 Å². The monoisotopic (exact) mass is 246 g/mol. The van der Waals surface area contributed by atoms with Crippen LogP contribution in [0, 0.1) is 0 Å². The first kappa shape index (κ1) is 10.6. The van der Waals surface area contributed by atoms with Gasteiger partial charge in [0.2, 0.25) is 0 Å². The van der Waals surface area contributed by atoms with Gasteiger partial charge in [0.25, 0.3) is 5.56 Å². The van der Waals surface area contributed by atoms with Crippen LogP contribution < -0.4 is 5.56 Å². The minimum Gasteiger partial charge on any atom is -0.298 e. The van der Waals surface area contributed by atoms with Crippen molar-refractivity contribution in [3.63, 3.8) is 0 Å². The van der Waals surface area contributed by atoms with Gasteiger partial charge in [-0.05, 0) is 36.2 Å². The molecule has 74 valence electrons. The van der Waals surface area contributed by atoms with Crippen molar-refractivity contribution in [1.82, 2.24) is 9.78 Å². The SMILES string of the molecule is CCCc1[nH]n(C(C)C)c(=O)c1Br. The Balaban J connectivity index is 3.13. The van der Waals surface area contributed by atoms with Gasteiger partial charge in [-0.25, -0.2) is 4.68 Å². The molecule has 1 heterocycles. The smallest absolute Gasteiger partial charge is 0.281 e. The molecule has 0 saturated carbocycles. The van der Waals surface area contributed by atoms with Crippen molar-refractivity contribution in [1.29, 1.82) is 0 Å². The van der Waals surface area contributed by atoms with E-state index < -0.39 is 0 Å². The Labute approximate surface area is 86.3 Å². The molecule has 0 aliphatic carbocycles. The van der Waals surface area contributed by atoms with Crippen molar-refractivity contribution in [2.45, 2.75) is 39.7 Å². The fourth-order valence-electron chi connectivity index (χ4n) is 1.26. The molecule has 0 aliphatic rings. The zero-order valence-corrected chi connectivity index (χ0v) is 9.81. The molecule has 0 spiro atoms. The van der Waals surface area contributed by atoms with Crippen molar-refractivity contribution in [3.05, 3.63) is 20.5 Å². The number of halogens is 1. The highest BCUT2D eigenvalue weighted by Gasteiger charge is 2.11. The fraction of sp³-hybridized carbons (Fsp3) is 0.667. The number of aromatic nitrogens is 2. The lowest BCUT2D eigenvalue weighted by Crippen LogP contribution is -2.18. The molecule has 0 aliphatic heterocycles. The van der Waals surface area contributed by atoms with E-state index >= 15 is 0 Å². The van der Waals surface area contributed by atoms with E-state index in [2.05, 4.69) is 28.0 Å². The van der Waals surface area contributed by atoms with Gasteiger partial charge in [-0.1, -0.05) is 13.3 Å². The summed E-state index contributed by atoms with van der Waals surface area (Å²) in [6.07, 6.45) is 1.95. The molecule has 1 aromatic rings. The fourth-order valence-corrected chi connectivity index (χ4v) is 1.74. The van der Waals surface area contributed by atoms with Crippen LogP contribution in [-0.2, 0) is 6.42 Å². The molecule has 0 fully saturated rings. The Morgan fingerprint density at radius 3 is 2.54 bits per heavy atom. The quantitative estimate of drug-likeness (QED) is 0.875. The number of H-pyrrole nitrogens is 1. The van der Waals surface area contributed by atoms with E-state index in [4.69, 9.17) is 0 Å². The molecule has 1 aromatic heterocycles. The van der Waals surface area contributed by atoms with Gasteiger partial charge in [0.1, 0.15) is 4.47 Å². The van der Waals surface area contributed by atoms with Crippen LogP contribution in [0.2, 0.25) is 0 Å². The normalized spacial score (nSPS) is 11.2. The maximum absolute atomic E-state index is 11.6. The van der Waals surface area contributed by atoms with Crippen molar-refractivity contribution < 1.29 is 0 Å². The van der Waals surface area contributed by atoms with Gasteiger partial charge in [0.05, 0.1) is 5.69 Å². The molecule has 0 atom stereocenters. The molecule has 3 nitrogen and oxygen atoms in total. The maximum Gasteiger partial charge on any atom is 0.281 e. The van der Waals surface area contributed by atoms with Crippen molar-refractivity contribution in [2.75, 3.05) is 0 Å². The molecular formula is C9H15BrN2O. The second kappa shape index (κ2) is 4.13. The summed E-state index contributed by atoms with van der Waals surface area (Å²) in [5, 5.41) is 3.11. The Bertz CT molecular complexity index is 338. The lowest BCUT2D eigenvalue weighted by Gasteiger charge is -2.04. The van der Waals surface area contributed by atoms with Gasteiger partial charge in [0, 0.05) is 6.04 Å².